The van der Waals surface area contributed by atoms with E-state index in [1.165, 1.54) is 4.90 Å². The van der Waals surface area contributed by atoms with E-state index in [1.54, 1.807) is 67.6 Å². The second-order valence-electron chi connectivity index (χ2n) is 10.7. The van der Waals surface area contributed by atoms with Gasteiger partial charge >= 0.3 is 5.97 Å². The maximum atomic E-state index is 13.4. The number of fused-ring (bicyclic) bond motifs is 2. The number of anilines is 1. The van der Waals surface area contributed by atoms with Crippen molar-refractivity contribution in [2.75, 3.05) is 4.90 Å². The lowest BCUT2D eigenvalue weighted by molar-refractivity contribution is -0.122. The zero-order chi connectivity index (χ0) is 29.5. The molecule has 3 aromatic carbocycles. The first-order valence-electron chi connectivity index (χ1n) is 13.8. The first kappa shape index (κ1) is 27.5. The highest BCUT2D eigenvalue weighted by atomic mass is 35.5. The average molecular weight is 579 g/mol. The number of halogens is 1. The minimum atomic E-state index is -1.01. The van der Waals surface area contributed by atoms with Crippen LogP contribution < -0.4 is 4.90 Å². The molecular formula is C34H27ClN2O5. The quantitative estimate of drug-likeness (QED) is 0.109. The molecule has 0 bridgehead atoms. The SMILES string of the molecule is Cc1ccc(C(=O)C(C)OC(=O)c2cc(-c3ccc(N4C(=O)C5CC=CCC5C4=O)cc3)nc3c(Cl)cccc23)cc1. The Kier molecular flexibility index (Phi) is 7.21. The first-order valence-corrected chi connectivity index (χ1v) is 14.1. The average Bonchev–Trinajstić information content (AvgIpc) is 3.26. The van der Waals surface area contributed by atoms with E-state index < -0.39 is 12.1 Å². The number of ether oxygens (including phenoxy) is 1. The van der Waals surface area contributed by atoms with Crippen LogP contribution in [0.2, 0.25) is 5.02 Å². The third-order valence-electron chi connectivity index (χ3n) is 7.93. The maximum absolute atomic E-state index is 13.4. The number of amides is 2. The summed E-state index contributed by atoms with van der Waals surface area (Å²) >= 11 is 6.49. The van der Waals surface area contributed by atoms with Crippen LogP contribution in [0, 0.1) is 18.8 Å². The molecule has 2 aliphatic rings. The smallest absolute Gasteiger partial charge is 0.339 e. The van der Waals surface area contributed by atoms with Crippen molar-refractivity contribution in [1.82, 2.24) is 4.98 Å². The molecule has 3 atom stereocenters. The van der Waals surface area contributed by atoms with Gasteiger partial charge in [-0.15, -0.1) is 0 Å². The van der Waals surface area contributed by atoms with E-state index in [0.29, 0.717) is 51.3 Å². The highest BCUT2D eigenvalue weighted by molar-refractivity contribution is 6.35. The summed E-state index contributed by atoms with van der Waals surface area (Å²) in [7, 11) is 0. The molecule has 1 aliphatic carbocycles. The number of nitrogens with zero attached hydrogens (tertiary/aromatic N) is 2. The molecule has 0 saturated carbocycles. The van der Waals surface area contributed by atoms with Gasteiger partial charge in [0.05, 0.1) is 39.3 Å². The summed E-state index contributed by atoms with van der Waals surface area (Å²) in [5.74, 6) is -1.99. The van der Waals surface area contributed by atoms with Gasteiger partial charge < -0.3 is 4.74 Å². The van der Waals surface area contributed by atoms with Crippen LogP contribution in [-0.4, -0.2) is 34.7 Å². The van der Waals surface area contributed by atoms with Crippen molar-refractivity contribution in [1.29, 1.82) is 0 Å². The summed E-state index contributed by atoms with van der Waals surface area (Å²) < 4.78 is 5.63. The molecule has 3 unspecified atom stereocenters. The van der Waals surface area contributed by atoms with Gasteiger partial charge in [-0.3, -0.25) is 19.3 Å². The Hall–Kier alpha value is -4.62. The first-order chi connectivity index (χ1) is 20.2. The number of benzene rings is 3. The number of imide groups is 1. The lowest BCUT2D eigenvalue weighted by Crippen LogP contribution is -2.30. The van der Waals surface area contributed by atoms with Crippen LogP contribution in [0.15, 0.2) is 84.9 Å². The molecule has 0 radical (unpaired) electrons. The molecule has 2 amide bonds. The molecule has 0 N–H and O–H groups in total. The molecule has 2 heterocycles. The topological polar surface area (TPSA) is 93.6 Å². The van der Waals surface area contributed by atoms with Crippen LogP contribution in [0.25, 0.3) is 22.2 Å². The van der Waals surface area contributed by atoms with Gasteiger partial charge in [0.1, 0.15) is 0 Å². The predicted octanol–water partition coefficient (Wildman–Crippen LogP) is 6.75. The number of aryl methyl sites for hydroxylation is 1. The standard InChI is InChI=1S/C34H27ClN2O5/c1-19-10-12-22(13-11-19)31(38)20(2)42-34(41)27-18-29(36-30-24(27)8-5-9-28(30)35)21-14-16-23(17-15-21)37-32(39)25-6-3-4-7-26(25)33(37)40/h3-5,8-18,20,25-26H,6-7H2,1-2H3. The van der Waals surface area contributed by atoms with Crippen molar-refractivity contribution in [3.63, 3.8) is 0 Å². The summed E-state index contributed by atoms with van der Waals surface area (Å²) in [4.78, 5) is 58.4. The number of aromatic nitrogens is 1. The van der Waals surface area contributed by atoms with E-state index in [0.717, 1.165) is 5.56 Å². The lowest BCUT2D eigenvalue weighted by atomic mass is 9.85. The molecule has 1 saturated heterocycles. The fourth-order valence-electron chi connectivity index (χ4n) is 5.60. The van der Waals surface area contributed by atoms with Gasteiger partial charge in [0.2, 0.25) is 17.6 Å². The maximum Gasteiger partial charge on any atom is 0.339 e. The number of hydrogen-bond donors (Lipinski definition) is 0. The largest absolute Gasteiger partial charge is 0.451 e. The number of ketones is 1. The number of Topliss-reactive ketones (excluding diaryl/α,β-unsaturated/α-hetero) is 1. The Morgan fingerprint density at radius 1 is 0.929 bits per heavy atom. The third kappa shape index (κ3) is 4.90. The summed E-state index contributed by atoms with van der Waals surface area (Å²) in [5.41, 5.74) is 3.68. The number of para-hydroxylation sites is 1. The van der Waals surface area contributed by atoms with Crippen LogP contribution in [-0.2, 0) is 14.3 Å². The van der Waals surface area contributed by atoms with Crippen molar-refractivity contribution < 1.29 is 23.9 Å². The Balaban J connectivity index is 1.30. The molecule has 1 aromatic heterocycles. The monoisotopic (exact) mass is 578 g/mol. The van der Waals surface area contributed by atoms with Gasteiger partial charge in [-0.25, -0.2) is 9.78 Å². The number of rotatable bonds is 6. The number of allylic oxidation sites excluding steroid dienone is 2. The molecule has 1 fully saturated rings. The fraction of sp³-hybridized carbons (Fsp3) is 0.206. The number of carbonyl (C=O) groups is 4. The molecule has 8 heteroatoms. The fourth-order valence-corrected chi connectivity index (χ4v) is 5.81. The van der Waals surface area contributed by atoms with Crippen LogP contribution in [0.1, 0.15) is 46.0 Å². The zero-order valence-electron chi connectivity index (χ0n) is 23.0. The second-order valence-corrected chi connectivity index (χ2v) is 11.1. The Labute approximate surface area is 247 Å². The van der Waals surface area contributed by atoms with Crippen LogP contribution >= 0.6 is 11.6 Å². The summed E-state index contributed by atoms with van der Waals surface area (Å²) in [5, 5.41) is 0.848. The van der Waals surface area contributed by atoms with E-state index in [-0.39, 0.29) is 35.0 Å². The Morgan fingerprint density at radius 2 is 1.57 bits per heavy atom. The van der Waals surface area contributed by atoms with Gasteiger partial charge in [-0.2, -0.15) is 0 Å². The molecule has 42 heavy (non-hydrogen) atoms. The molecule has 6 rings (SSSR count). The lowest BCUT2D eigenvalue weighted by Gasteiger charge is -2.16. The zero-order valence-corrected chi connectivity index (χ0v) is 23.8. The minimum absolute atomic E-state index is 0.183. The van der Waals surface area contributed by atoms with Gasteiger partial charge in [-0.1, -0.05) is 77.8 Å². The van der Waals surface area contributed by atoms with Crippen molar-refractivity contribution in [2.45, 2.75) is 32.8 Å². The number of pyridine rings is 1. The molecular weight excluding hydrogens is 552 g/mol. The van der Waals surface area contributed by atoms with Crippen LogP contribution in [0.3, 0.4) is 0 Å². The van der Waals surface area contributed by atoms with Gasteiger partial charge in [0, 0.05) is 16.5 Å². The molecule has 4 aromatic rings. The van der Waals surface area contributed by atoms with Crippen molar-refractivity contribution >= 4 is 51.8 Å². The van der Waals surface area contributed by atoms with E-state index in [1.807, 2.05) is 31.2 Å². The van der Waals surface area contributed by atoms with E-state index >= 15 is 0 Å². The third-order valence-corrected chi connectivity index (χ3v) is 8.23. The normalized spacial score (nSPS) is 18.7. The van der Waals surface area contributed by atoms with Crippen LogP contribution in [0.5, 0.6) is 0 Å². The summed E-state index contributed by atoms with van der Waals surface area (Å²) in [6.45, 7) is 3.47. The number of carbonyl (C=O) groups excluding carboxylic acids is 4. The van der Waals surface area contributed by atoms with Gasteiger partial charge in [0.15, 0.2) is 6.10 Å². The van der Waals surface area contributed by atoms with Crippen molar-refractivity contribution in [3.05, 3.63) is 107 Å². The number of esters is 1. The Morgan fingerprint density at radius 3 is 2.21 bits per heavy atom. The highest BCUT2D eigenvalue weighted by Gasteiger charge is 2.47. The second kappa shape index (κ2) is 11.0. The molecule has 1 aliphatic heterocycles. The Bertz CT molecular complexity index is 1750. The molecule has 210 valence electrons. The molecule has 0 spiro atoms. The molecule has 7 nitrogen and oxygen atoms in total. The van der Waals surface area contributed by atoms with Gasteiger partial charge in [-0.05, 0) is 51.0 Å². The highest BCUT2D eigenvalue weighted by Crippen LogP contribution is 2.38. The van der Waals surface area contributed by atoms with Gasteiger partial charge in [0.25, 0.3) is 0 Å². The van der Waals surface area contributed by atoms with E-state index in [9.17, 15) is 19.2 Å². The summed E-state index contributed by atoms with van der Waals surface area (Å²) in [6.07, 6.45) is 4.04. The number of hydrogen-bond acceptors (Lipinski definition) is 6. The van der Waals surface area contributed by atoms with E-state index in [4.69, 9.17) is 21.3 Å². The van der Waals surface area contributed by atoms with E-state index in [2.05, 4.69) is 0 Å². The summed E-state index contributed by atoms with van der Waals surface area (Å²) in [6, 6.07) is 20.7. The van der Waals surface area contributed by atoms with Crippen molar-refractivity contribution in [2.24, 2.45) is 11.8 Å². The minimum Gasteiger partial charge on any atom is -0.451 e. The van der Waals surface area contributed by atoms with Crippen molar-refractivity contribution in [3.8, 4) is 11.3 Å². The van der Waals surface area contributed by atoms with Crippen LogP contribution in [0.4, 0.5) is 5.69 Å². The predicted molar refractivity (Wildman–Crippen MR) is 160 cm³/mol.